The van der Waals surface area contributed by atoms with E-state index in [0.717, 1.165) is 37.8 Å². The molecule has 33 heavy (non-hydrogen) atoms. The summed E-state index contributed by atoms with van der Waals surface area (Å²) in [5.41, 5.74) is 3.65. The molecule has 2 amide bonds. The van der Waals surface area contributed by atoms with Crippen LogP contribution >= 0.6 is 46.0 Å². The molecule has 2 aromatic carbocycles. The van der Waals surface area contributed by atoms with Crippen molar-refractivity contribution >= 4 is 68.9 Å². The standard InChI is InChI=1S/C23H17ClIN3O4S/c1-13-9-16(14(2)27(13)18-7-8-19(24)20(11-18)28(31)32)10-21-22(29)26(23(30)33-21)12-15-3-5-17(25)6-4-15/h3-11H,12H2,1-2H3/b21-10-. The molecule has 0 saturated carbocycles. The van der Waals surface area contributed by atoms with Crippen LogP contribution in [0.1, 0.15) is 22.5 Å². The topological polar surface area (TPSA) is 85.5 Å². The number of hydrogen-bond acceptors (Lipinski definition) is 5. The Morgan fingerprint density at radius 3 is 2.48 bits per heavy atom. The second kappa shape index (κ2) is 9.32. The highest BCUT2D eigenvalue weighted by molar-refractivity contribution is 14.1. The Hall–Kier alpha value is -2.63. The lowest BCUT2D eigenvalue weighted by Crippen LogP contribution is -2.27. The van der Waals surface area contributed by atoms with Crippen LogP contribution in [0.25, 0.3) is 11.8 Å². The van der Waals surface area contributed by atoms with Crippen LogP contribution in [0.5, 0.6) is 0 Å². The minimum absolute atomic E-state index is 0.0632. The predicted molar refractivity (Wildman–Crippen MR) is 138 cm³/mol. The fourth-order valence-electron chi connectivity index (χ4n) is 3.66. The smallest absolute Gasteiger partial charge is 0.293 e. The van der Waals surface area contributed by atoms with Gasteiger partial charge in [0.05, 0.1) is 22.1 Å². The second-order valence-corrected chi connectivity index (χ2v) is 10.1. The van der Waals surface area contributed by atoms with Gasteiger partial charge in [0.1, 0.15) is 5.02 Å². The Labute approximate surface area is 212 Å². The quantitative estimate of drug-likeness (QED) is 0.146. The fraction of sp³-hybridized carbons (Fsp3) is 0.130. The number of nitro groups is 1. The van der Waals surface area contributed by atoms with Gasteiger partial charge in [0.25, 0.3) is 16.8 Å². The molecule has 1 fully saturated rings. The number of thioether (sulfide) groups is 1. The summed E-state index contributed by atoms with van der Waals surface area (Å²) >= 11 is 9.06. The number of benzene rings is 2. The predicted octanol–water partition coefficient (Wildman–Crippen LogP) is 6.50. The first-order valence-electron chi connectivity index (χ1n) is 9.79. The first kappa shape index (κ1) is 23.5. The molecule has 1 saturated heterocycles. The van der Waals surface area contributed by atoms with E-state index in [0.29, 0.717) is 10.6 Å². The molecule has 0 atom stereocenters. The van der Waals surface area contributed by atoms with Crippen molar-refractivity contribution in [2.24, 2.45) is 0 Å². The van der Waals surface area contributed by atoms with Gasteiger partial charge in [0.2, 0.25) is 0 Å². The molecule has 0 bridgehead atoms. The number of aryl methyl sites for hydroxylation is 1. The van der Waals surface area contributed by atoms with Crippen molar-refractivity contribution in [1.29, 1.82) is 0 Å². The summed E-state index contributed by atoms with van der Waals surface area (Å²) in [5.74, 6) is -0.338. The van der Waals surface area contributed by atoms with E-state index in [2.05, 4.69) is 22.6 Å². The van der Waals surface area contributed by atoms with Gasteiger partial charge in [-0.15, -0.1) is 0 Å². The van der Waals surface area contributed by atoms with Gasteiger partial charge in [-0.1, -0.05) is 23.7 Å². The zero-order chi connectivity index (χ0) is 23.9. The first-order valence-corrected chi connectivity index (χ1v) is 12.1. The SMILES string of the molecule is Cc1cc(/C=C2\SC(=O)N(Cc3ccc(I)cc3)C2=O)c(C)n1-c1ccc(Cl)c([N+](=O)[O-])c1. The maximum atomic E-state index is 12.9. The Bertz CT molecular complexity index is 1330. The van der Waals surface area contributed by atoms with E-state index in [1.54, 1.807) is 12.1 Å². The van der Waals surface area contributed by atoms with Gasteiger partial charge in [-0.2, -0.15) is 0 Å². The molecule has 10 heteroatoms. The maximum Gasteiger partial charge on any atom is 0.293 e. The second-order valence-electron chi connectivity index (χ2n) is 7.45. The lowest BCUT2D eigenvalue weighted by atomic mass is 10.2. The van der Waals surface area contributed by atoms with Crippen molar-refractivity contribution in [3.63, 3.8) is 0 Å². The highest BCUT2D eigenvalue weighted by Crippen LogP contribution is 2.35. The molecule has 0 spiro atoms. The fourth-order valence-corrected chi connectivity index (χ4v) is 5.04. The summed E-state index contributed by atoms with van der Waals surface area (Å²) in [7, 11) is 0. The molecule has 1 aliphatic heterocycles. The minimum Gasteiger partial charge on any atom is -0.318 e. The molecular weight excluding hydrogens is 577 g/mol. The lowest BCUT2D eigenvalue weighted by Gasteiger charge is -2.12. The first-order chi connectivity index (χ1) is 15.7. The van der Waals surface area contributed by atoms with Crippen LogP contribution in [0.3, 0.4) is 0 Å². The minimum atomic E-state index is -0.523. The summed E-state index contributed by atoms with van der Waals surface area (Å²) in [5, 5.41) is 11.0. The van der Waals surface area contributed by atoms with Crippen LogP contribution in [0, 0.1) is 27.5 Å². The van der Waals surface area contributed by atoms with E-state index in [1.165, 1.54) is 17.0 Å². The highest BCUT2D eigenvalue weighted by atomic mass is 127. The number of carbonyl (C=O) groups is 2. The van der Waals surface area contributed by atoms with Crippen LogP contribution in [-0.4, -0.2) is 25.5 Å². The molecule has 1 aliphatic rings. The van der Waals surface area contributed by atoms with Gasteiger partial charge >= 0.3 is 0 Å². The lowest BCUT2D eigenvalue weighted by molar-refractivity contribution is -0.384. The number of nitrogens with zero attached hydrogens (tertiary/aromatic N) is 3. The number of amides is 2. The van der Waals surface area contributed by atoms with Crippen molar-refractivity contribution in [2.75, 3.05) is 0 Å². The van der Waals surface area contributed by atoms with E-state index in [4.69, 9.17) is 11.6 Å². The summed E-state index contributed by atoms with van der Waals surface area (Å²) in [4.78, 5) is 37.8. The largest absolute Gasteiger partial charge is 0.318 e. The third-order valence-electron chi connectivity index (χ3n) is 5.27. The normalized spacial score (nSPS) is 15.0. The molecule has 4 rings (SSSR count). The number of rotatable bonds is 5. The van der Waals surface area contributed by atoms with Crippen LogP contribution in [0.4, 0.5) is 10.5 Å². The molecule has 0 aliphatic carbocycles. The van der Waals surface area contributed by atoms with E-state index >= 15 is 0 Å². The van der Waals surface area contributed by atoms with Crippen molar-refractivity contribution in [2.45, 2.75) is 20.4 Å². The van der Waals surface area contributed by atoms with Crippen molar-refractivity contribution in [1.82, 2.24) is 9.47 Å². The molecule has 0 unspecified atom stereocenters. The summed E-state index contributed by atoms with van der Waals surface area (Å²) in [6.45, 7) is 3.94. The van der Waals surface area contributed by atoms with E-state index in [1.807, 2.05) is 48.7 Å². The maximum absolute atomic E-state index is 12.9. The average molecular weight is 594 g/mol. The van der Waals surface area contributed by atoms with Crippen molar-refractivity contribution in [3.8, 4) is 5.69 Å². The molecule has 1 aromatic heterocycles. The monoisotopic (exact) mass is 593 g/mol. The van der Waals surface area contributed by atoms with Crippen LogP contribution < -0.4 is 0 Å². The number of carbonyl (C=O) groups excluding carboxylic acids is 2. The van der Waals surface area contributed by atoms with Crippen molar-refractivity contribution < 1.29 is 14.5 Å². The Balaban J connectivity index is 1.64. The number of aromatic nitrogens is 1. The molecular formula is C23H17ClIN3O4S. The van der Waals surface area contributed by atoms with E-state index in [9.17, 15) is 19.7 Å². The van der Waals surface area contributed by atoms with Gasteiger partial charge in [-0.05, 0) is 95.7 Å². The number of halogens is 2. The van der Waals surface area contributed by atoms with Gasteiger partial charge in [0.15, 0.2) is 0 Å². The third kappa shape index (κ3) is 4.71. The average Bonchev–Trinajstić information content (AvgIpc) is 3.19. The molecule has 0 radical (unpaired) electrons. The van der Waals surface area contributed by atoms with Crippen molar-refractivity contribution in [3.05, 3.63) is 94.7 Å². The molecule has 7 nitrogen and oxygen atoms in total. The van der Waals surface area contributed by atoms with Crippen LogP contribution in [-0.2, 0) is 11.3 Å². The van der Waals surface area contributed by atoms with Gasteiger partial charge < -0.3 is 4.57 Å². The van der Waals surface area contributed by atoms with Gasteiger partial charge in [-0.3, -0.25) is 24.6 Å². The Kier molecular flexibility index (Phi) is 6.64. The highest BCUT2D eigenvalue weighted by Gasteiger charge is 2.35. The Morgan fingerprint density at radius 2 is 1.82 bits per heavy atom. The molecule has 2 heterocycles. The summed E-state index contributed by atoms with van der Waals surface area (Å²) in [6, 6.07) is 14.1. The number of hydrogen-bond donors (Lipinski definition) is 0. The third-order valence-corrected chi connectivity index (χ3v) is 7.22. The number of nitro benzene ring substituents is 1. The van der Waals surface area contributed by atoms with Crippen LogP contribution in [0.15, 0.2) is 53.4 Å². The van der Waals surface area contributed by atoms with Crippen LogP contribution in [0.2, 0.25) is 5.02 Å². The molecule has 3 aromatic rings. The zero-order valence-electron chi connectivity index (χ0n) is 17.5. The number of imide groups is 1. The summed E-state index contributed by atoms with van der Waals surface area (Å²) < 4.78 is 2.93. The van der Waals surface area contributed by atoms with E-state index in [-0.39, 0.29) is 28.4 Å². The van der Waals surface area contributed by atoms with E-state index < -0.39 is 4.92 Å². The Morgan fingerprint density at radius 1 is 1.12 bits per heavy atom. The summed E-state index contributed by atoms with van der Waals surface area (Å²) in [6.07, 6.45) is 1.70. The van der Waals surface area contributed by atoms with Gasteiger partial charge in [-0.25, -0.2) is 0 Å². The zero-order valence-corrected chi connectivity index (χ0v) is 21.3. The molecule has 168 valence electrons. The van der Waals surface area contributed by atoms with Gasteiger partial charge in [0, 0.05) is 21.0 Å². The molecule has 0 N–H and O–H groups in total.